The van der Waals surface area contributed by atoms with Crippen LogP contribution in [0.3, 0.4) is 0 Å². The third-order valence-electron chi connectivity index (χ3n) is 3.75. The zero-order valence-corrected chi connectivity index (χ0v) is 11.5. The largest absolute Gasteiger partial charge is 0.349 e. The summed E-state index contributed by atoms with van der Waals surface area (Å²) in [6.45, 7) is 0. The molecule has 1 amide bonds. The fourth-order valence-electron chi connectivity index (χ4n) is 2.44. The average Bonchev–Trinajstić information content (AvgIpc) is 3.22. The zero-order chi connectivity index (χ0) is 12.7. The van der Waals surface area contributed by atoms with Gasteiger partial charge < -0.3 is 5.32 Å². The van der Waals surface area contributed by atoms with Crippen molar-refractivity contribution < 1.29 is 4.79 Å². The van der Waals surface area contributed by atoms with E-state index in [0.717, 1.165) is 0 Å². The number of nitrogens with one attached hydrogen (secondary N) is 1. The monoisotopic (exact) mass is 283 g/mol. The van der Waals surface area contributed by atoms with E-state index < -0.39 is 0 Å². The molecule has 18 heavy (non-hydrogen) atoms. The van der Waals surface area contributed by atoms with Gasteiger partial charge in [0.15, 0.2) is 0 Å². The Kier molecular flexibility index (Phi) is 3.25. The van der Waals surface area contributed by atoms with Crippen LogP contribution in [0.4, 0.5) is 0 Å². The number of rotatable bonds is 4. The first kappa shape index (κ1) is 12.3. The van der Waals surface area contributed by atoms with Gasteiger partial charge in [-0.05, 0) is 49.7 Å². The van der Waals surface area contributed by atoms with Crippen molar-refractivity contribution in [2.24, 2.45) is 11.8 Å². The summed E-state index contributed by atoms with van der Waals surface area (Å²) < 4.78 is 0. The van der Waals surface area contributed by atoms with Gasteiger partial charge >= 0.3 is 0 Å². The molecule has 0 aliphatic heterocycles. The van der Waals surface area contributed by atoms with E-state index >= 15 is 0 Å². The molecular weight excluding hydrogens is 269 g/mol. The maximum absolute atomic E-state index is 12.2. The molecule has 0 heterocycles. The van der Waals surface area contributed by atoms with E-state index in [1.165, 1.54) is 25.7 Å². The van der Waals surface area contributed by atoms with Crippen LogP contribution in [0.2, 0.25) is 10.0 Å². The van der Waals surface area contributed by atoms with E-state index in [2.05, 4.69) is 5.32 Å². The molecule has 2 saturated carbocycles. The predicted molar refractivity (Wildman–Crippen MR) is 73.2 cm³/mol. The van der Waals surface area contributed by atoms with Crippen molar-refractivity contribution in [3.63, 3.8) is 0 Å². The number of benzene rings is 1. The Bertz CT molecular complexity index is 469. The number of hydrogen-bond acceptors (Lipinski definition) is 1. The van der Waals surface area contributed by atoms with Gasteiger partial charge in [0, 0.05) is 6.04 Å². The summed E-state index contributed by atoms with van der Waals surface area (Å²) in [6.07, 6.45) is 4.96. The molecule has 2 aliphatic rings. The van der Waals surface area contributed by atoms with Crippen LogP contribution in [0.15, 0.2) is 18.2 Å². The second-order valence-corrected chi connectivity index (χ2v) is 6.06. The normalized spacial score (nSPS) is 19.1. The van der Waals surface area contributed by atoms with Crippen molar-refractivity contribution in [2.75, 3.05) is 0 Å². The number of carbonyl (C=O) groups excluding carboxylic acids is 1. The minimum Gasteiger partial charge on any atom is -0.349 e. The Morgan fingerprint density at radius 2 is 1.78 bits per heavy atom. The highest BCUT2D eigenvalue weighted by Gasteiger charge is 2.42. The van der Waals surface area contributed by atoms with Gasteiger partial charge in [-0.15, -0.1) is 0 Å². The summed E-state index contributed by atoms with van der Waals surface area (Å²) in [6, 6.07) is 5.51. The van der Waals surface area contributed by atoms with Gasteiger partial charge in [0.2, 0.25) is 0 Å². The smallest absolute Gasteiger partial charge is 0.253 e. The average molecular weight is 284 g/mol. The van der Waals surface area contributed by atoms with Gasteiger partial charge in [-0.2, -0.15) is 0 Å². The highest BCUT2D eigenvalue weighted by molar-refractivity contribution is 6.43. The lowest BCUT2D eigenvalue weighted by atomic mass is 10.1. The number of carbonyl (C=O) groups is 1. The van der Waals surface area contributed by atoms with Crippen LogP contribution in [0.25, 0.3) is 0 Å². The molecule has 1 aromatic rings. The molecule has 1 N–H and O–H groups in total. The first-order valence-electron chi connectivity index (χ1n) is 6.41. The Balaban J connectivity index is 1.75. The molecule has 2 aliphatic carbocycles. The molecule has 96 valence electrons. The van der Waals surface area contributed by atoms with E-state index in [0.29, 0.717) is 33.5 Å². The van der Waals surface area contributed by atoms with Gasteiger partial charge in [0.25, 0.3) is 5.91 Å². The molecule has 0 spiro atoms. The van der Waals surface area contributed by atoms with Gasteiger partial charge in [0.1, 0.15) is 0 Å². The van der Waals surface area contributed by atoms with E-state index in [-0.39, 0.29) is 5.91 Å². The fraction of sp³-hybridized carbons (Fsp3) is 0.500. The van der Waals surface area contributed by atoms with Crippen LogP contribution in [0, 0.1) is 11.8 Å². The molecule has 4 heteroatoms. The van der Waals surface area contributed by atoms with Crippen LogP contribution in [0.5, 0.6) is 0 Å². The van der Waals surface area contributed by atoms with Crippen molar-refractivity contribution in [2.45, 2.75) is 31.7 Å². The summed E-state index contributed by atoms with van der Waals surface area (Å²) in [5, 5.41) is 3.92. The van der Waals surface area contributed by atoms with Crippen molar-refractivity contribution >= 4 is 29.1 Å². The number of halogens is 2. The Morgan fingerprint density at radius 3 is 2.33 bits per heavy atom. The van der Waals surface area contributed by atoms with E-state index in [4.69, 9.17) is 23.2 Å². The lowest BCUT2D eigenvalue weighted by molar-refractivity contribution is 0.0926. The van der Waals surface area contributed by atoms with Crippen LogP contribution in [-0.2, 0) is 0 Å². The molecule has 3 rings (SSSR count). The minimum absolute atomic E-state index is 0.0914. The standard InChI is InChI=1S/C14H15Cl2NO/c15-11-3-1-2-10(12(11)16)14(18)17-13(8-4-5-8)9-6-7-9/h1-3,8-9,13H,4-7H2,(H,17,18). The van der Waals surface area contributed by atoms with Crippen molar-refractivity contribution in [3.05, 3.63) is 33.8 Å². The molecule has 0 unspecified atom stereocenters. The fourth-order valence-corrected chi connectivity index (χ4v) is 2.83. The topological polar surface area (TPSA) is 29.1 Å². The molecule has 0 aromatic heterocycles. The molecule has 0 saturated heterocycles. The molecule has 2 fully saturated rings. The molecule has 0 atom stereocenters. The number of amides is 1. The Hall–Kier alpha value is -0.730. The second-order valence-electron chi connectivity index (χ2n) is 5.28. The number of hydrogen-bond donors (Lipinski definition) is 1. The highest BCUT2D eigenvalue weighted by atomic mass is 35.5. The molecular formula is C14H15Cl2NO. The minimum atomic E-state index is -0.0914. The van der Waals surface area contributed by atoms with E-state index in [1.807, 2.05) is 0 Å². The van der Waals surface area contributed by atoms with Crippen LogP contribution >= 0.6 is 23.2 Å². The molecule has 1 aromatic carbocycles. The van der Waals surface area contributed by atoms with Crippen LogP contribution in [-0.4, -0.2) is 11.9 Å². The van der Waals surface area contributed by atoms with E-state index in [9.17, 15) is 4.79 Å². The highest BCUT2D eigenvalue weighted by Crippen LogP contribution is 2.44. The quantitative estimate of drug-likeness (QED) is 0.892. The summed E-state index contributed by atoms with van der Waals surface area (Å²) in [5.41, 5.74) is 0.482. The lowest BCUT2D eigenvalue weighted by Gasteiger charge is -2.18. The summed E-state index contributed by atoms with van der Waals surface area (Å²) in [4.78, 5) is 12.2. The molecule has 0 radical (unpaired) electrons. The van der Waals surface area contributed by atoms with Crippen molar-refractivity contribution in [1.82, 2.24) is 5.32 Å². The second kappa shape index (κ2) is 4.75. The maximum Gasteiger partial charge on any atom is 0.253 e. The maximum atomic E-state index is 12.2. The first-order chi connectivity index (χ1) is 8.66. The van der Waals surface area contributed by atoms with Crippen molar-refractivity contribution in [3.8, 4) is 0 Å². The summed E-state index contributed by atoms with van der Waals surface area (Å²) >= 11 is 12.0. The van der Waals surface area contributed by atoms with Crippen LogP contribution in [0.1, 0.15) is 36.0 Å². The van der Waals surface area contributed by atoms with Gasteiger partial charge in [-0.25, -0.2) is 0 Å². The molecule has 0 bridgehead atoms. The Labute approximate surface area is 117 Å². The third kappa shape index (κ3) is 2.50. The first-order valence-corrected chi connectivity index (χ1v) is 7.17. The van der Waals surface area contributed by atoms with E-state index in [1.54, 1.807) is 18.2 Å². The SMILES string of the molecule is O=C(NC(C1CC1)C1CC1)c1cccc(Cl)c1Cl. The third-order valence-corrected chi connectivity index (χ3v) is 4.57. The van der Waals surface area contributed by atoms with Gasteiger partial charge in [0.05, 0.1) is 15.6 Å². The Morgan fingerprint density at radius 1 is 1.17 bits per heavy atom. The van der Waals surface area contributed by atoms with Gasteiger partial charge in [-0.3, -0.25) is 4.79 Å². The van der Waals surface area contributed by atoms with Gasteiger partial charge in [-0.1, -0.05) is 29.3 Å². The lowest BCUT2D eigenvalue weighted by Crippen LogP contribution is -2.38. The molecule has 2 nitrogen and oxygen atoms in total. The summed E-state index contributed by atoms with van der Waals surface area (Å²) in [7, 11) is 0. The summed E-state index contributed by atoms with van der Waals surface area (Å²) in [5.74, 6) is 1.27. The zero-order valence-electron chi connectivity index (χ0n) is 9.96. The predicted octanol–water partition coefficient (Wildman–Crippen LogP) is 3.91. The van der Waals surface area contributed by atoms with Crippen LogP contribution < -0.4 is 5.32 Å². The van der Waals surface area contributed by atoms with Crippen molar-refractivity contribution in [1.29, 1.82) is 0 Å².